The maximum Gasteiger partial charge on any atom is 0.222 e. The molecule has 1 aliphatic rings. The molecule has 1 aromatic carbocycles. The van der Waals surface area contributed by atoms with Crippen LogP contribution in [-0.2, 0) is 11.3 Å². The van der Waals surface area contributed by atoms with E-state index >= 15 is 0 Å². The van der Waals surface area contributed by atoms with Crippen molar-refractivity contribution < 1.29 is 9.53 Å². The molecule has 0 saturated carbocycles. The van der Waals surface area contributed by atoms with Crippen molar-refractivity contribution in [3.05, 3.63) is 24.0 Å². The van der Waals surface area contributed by atoms with Gasteiger partial charge in [-0.3, -0.25) is 4.79 Å². The van der Waals surface area contributed by atoms with Gasteiger partial charge >= 0.3 is 0 Å². The van der Waals surface area contributed by atoms with Crippen LogP contribution in [0.3, 0.4) is 0 Å². The number of imidazole rings is 1. The number of fused-ring (bicyclic) bond motifs is 3. The molecule has 0 atom stereocenters. The quantitative estimate of drug-likeness (QED) is 0.639. The summed E-state index contributed by atoms with van der Waals surface area (Å²) in [5, 5.41) is 1.09. The van der Waals surface area contributed by atoms with E-state index in [0.29, 0.717) is 31.3 Å². The molecule has 0 unspecified atom stereocenters. The second-order valence-electron chi connectivity index (χ2n) is 8.88. The normalized spacial score (nSPS) is 14.7. The largest absolute Gasteiger partial charge is 0.492 e. The van der Waals surface area contributed by atoms with E-state index in [1.54, 1.807) is 0 Å². The Morgan fingerprint density at radius 3 is 2.70 bits per heavy atom. The number of nitrogens with zero attached hydrogens (tertiary/aromatic N) is 4. The lowest BCUT2D eigenvalue weighted by Crippen LogP contribution is -2.29. The van der Waals surface area contributed by atoms with Crippen LogP contribution in [0.4, 0.5) is 5.82 Å². The number of carbonyl (C=O) groups excluding carboxylic acids is 1. The maximum atomic E-state index is 11.8. The first-order valence-corrected chi connectivity index (χ1v) is 10.8. The number of rotatable bonds is 7. The highest BCUT2D eigenvalue weighted by Gasteiger charge is 2.21. The number of nitrogen functional groups attached to an aromatic ring is 1. The summed E-state index contributed by atoms with van der Waals surface area (Å²) in [7, 11) is 0. The fourth-order valence-electron chi connectivity index (χ4n) is 4.27. The van der Waals surface area contributed by atoms with Crippen molar-refractivity contribution in [3.63, 3.8) is 0 Å². The van der Waals surface area contributed by atoms with Crippen LogP contribution in [-0.4, -0.2) is 45.0 Å². The Kier molecular flexibility index (Phi) is 5.54. The highest BCUT2D eigenvalue weighted by Crippen LogP contribution is 2.36. The van der Waals surface area contributed by atoms with Crippen LogP contribution in [0, 0.1) is 5.92 Å². The molecule has 0 aliphatic carbocycles. The smallest absolute Gasteiger partial charge is 0.222 e. The second-order valence-corrected chi connectivity index (χ2v) is 8.88. The van der Waals surface area contributed by atoms with Crippen LogP contribution in [0.2, 0.25) is 0 Å². The summed E-state index contributed by atoms with van der Waals surface area (Å²) in [5.41, 5.74) is 10.1. The molecule has 7 nitrogen and oxygen atoms in total. The van der Waals surface area contributed by atoms with E-state index in [1.807, 2.05) is 17.3 Å². The monoisotopic (exact) mass is 409 g/mol. The van der Waals surface area contributed by atoms with Gasteiger partial charge in [-0.1, -0.05) is 27.7 Å². The molecule has 0 bridgehead atoms. The predicted octanol–water partition coefficient (Wildman–Crippen LogP) is 3.95. The number of aromatic nitrogens is 3. The Bertz CT molecular complexity index is 1090. The van der Waals surface area contributed by atoms with Gasteiger partial charge in [-0.15, -0.1) is 0 Å². The van der Waals surface area contributed by atoms with Gasteiger partial charge in [0.1, 0.15) is 17.9 Å². The van der Waals surface area contributed by atoms with Gasteiger partial charge in [0, 0.05) is 31.0 Å². The molecular formula is C23H31N5O2. The summed E-state index contributed by atoms with van der Waals surface area (Å²) in [6.07, 6.45) is 3.45. The van der Waals surface area contributed by atoms with Gasteiger partial charge in [0.05, 0.1) is 23.9 Å². The number of hydrogen-bond donors (Lipinski definition) is 1. The number of ether oxygens (including phenoxy) is 1. The van der Waals surface area contributed by atoms with Gasteiger partial charge in [0.15, 0.2) is 5.82 Å². The average Bonchev–Trinajstić information content (AvgIpc) is 3.27. The first-order valence-electron chi connectivity index (χ1n) is 10.8. The van der Waals surface area contributed by atoms with Crippen molar-refractivity contribution >= 4 is 33.7 Å². The van der Waals surface area contributed by atoms with Crippen LogP contribution in [0.15, 0.2) is 18.5 Å². The molecule has 4 rings (SSSR count). The van der Waals surface area contributed by atoms with Crippen molar-refractivity contribution in [1.82, 2.24) is 19.4 Å². The van der Waals surface area contributed by atoms with Gasteiger partial charge < -0.3 is 19.9 Å². The average molecular weight is 410 g/mol. The molecule has 1 aliphatic heterocycles. The Labute approximate surface area is 177 Å². The zero-order valence-corrected chi connectivity index (χ0v) is 18.3. The highest BCUT2D eigenvalue weighted by atomic mass is 16.5. The fraction of sp³-hybridized carbons (Fsp3) is 0.522. The Hall–Kier alpha value is -2.83. The van der Waals surface area contributed by atoms with Crippen LogP contribution in [0.1, 0.15) is 52.0 Å². The van der Waals surface area contributed by atoms with Crippen molar-refractivity contribution in [1.29, 1.82) is 0 Å². The van der Waals surface area contributed by atoms with E-state index in [1.165, 1.54) is 5.56 Å². The third-order valence-corrected chi connectivity index (χ3v) is 5.66. The summed E-state index contributed by atoms with van der Waals surface area (Å²) >= 11 is 0. The minimum absolute atomic E-state index is 0.218. The molecule has 1 amide bonds. The fourth-order valence-corrected chi connectivity index (χ4v) is 4.27. The molecule has 1 saturated heterocycles. The SMILES string of the molecule is CC(C)Cn1cnc2c(N)nc3cc(OCCN4CCCC4=O)cc(C(C)C)c3c21. The molecule has 0 radical (unpaired) electrons. The van der Waals surface area contributed by atoms with Crippen LogP contribution in [0.5, 0.6) is 5.75 Å². The summed E-state index contributed by atoms with van der Waals surface area (Å²) in [6.45, 7) is 11.5. The number of anilines is 1. The predicted molar refractivity (Wildman–Crippen MR) is 120 cm³/mol. The van der Waals surface area contributed by atoms with Crippen molar-refractivity contribution in [2.45, 2.75) is 53.0 Å². The third-order valence-electron chi connectivity index (χ3n) is 5.66. The standard InChI is InChI=1S/C23H31N5O2/c1-14(2)12-28-13-25-21-22(28)20-17(15(3)4)10-16(11-18(20)26-23(21)24)30-9-8-27-7-5-6-19(27)29/h10-11,13-15H,5-9,12H2,1-4H3,(H2,24,26). The Morgan fingerprint density at radius 2 is 2.03 bits per heavy atom. The molecule has 2 N–H and O–H groups in total. The van der Waals surface area contributed by atoms with Crippen molar-refractivity contribution in [2.24, 2.45) is 5.92 Å². The number of benzene rings is 1. The van der Waals surface area contributed by atoms with E-state index in [4.69, 9.17) is 10.5 Å². The van der Waals surface area contributed by atoms with Crippen molar-refractivity contribution in [3.8, 4) is 5.75 Å². The van der Waals surface area contributed by atoms with Crippen LogP contribution < -0.4 is 10.5 Å². The summed E-state index contributed by atoms with van der Waals surface area (Å²) in [6, 6.07) is 4.05. The van der Waals surface area contributed by atoms with Gasteiger partial charge in [-0.25, -0.2) is 9.97 Å². The van der Waals surface area contributed by atoms with Gasteiger partial charge in [0.2, 0.25) is 5.91 Å². The lowest BCUT2D eigenvalue weighted by Gasteiger charge is -2.18. The Morgan fingerprint density at radius 1 is 1.23 bits per heavy atom. The Balaban J connectivity index is 1.74. The molecule has 30 heavy (non-hydrogen) atoms. The number of pyridine rings is 1. The van der Waals surface area contributed by atoms with E-state index < -0.39 is 0 Å². The number of amides is 1. The second kappa shape index (κ2) is 8.13. The molecule has 160 valence electrons. The first kappa shape index (κ1) is 20.4. The van der Waals surface area contributed by atoms with E-state index in [2.05, 4.69) is 48.3 Å². The highest BCUT2D eigenvalue weighted by molar-refractivity contribution is 6.08. The molecular weight excluding hydrogens is 378 g/mol. The number of likely N-dealkylation sites (tertiary alicyclic amines) is 1. The van der Waals surface area contributed by atoms with E-state index in [9.17, 15) is 4.79 Å². The summed E-state index contributed by atoms with van der Waals surface area (Å²) in [4.78, 5) is 22.9. The van der Waals surface area contributed by atoms with Crippen LogP contribution in [0.25, 0.3) is 21.9 Å². The van der Waals surface area contributed by atoms with Crippen LogP contribution >= 0.6 is 0 Å². The lowest BCUT2D eigenvalue weighted by molar-refractivity contribution is -0.128. The van der Waals surface area contributed by atoms with E-state index in [-0.39, 0.29) is 11.8 Å². The van der Waals surface area contributed by atoms with Gasteiger partial charge in [-0.05, 0) is 29.9 Å². The zero-order chi connectivity index (χ0) is 21.4. The molecule has 0 spiro atoms. The van der Waals surface area contributed by atoms with Gasteiger partial charge in [0.25, 0.3) is 0 Å². The zero-order valence-electron chi connectivity index (χ0n) is 18.3. The van der Waals surface area contributed by atoms with Crippen molar-refractivity contribution in [2.75, 3.05) is 25.4 Å². The number of hydrogen-bond acceptors (Lipinski definition) is 5. The van der Waals surface area contributed by atoms with E-state index in [0.717, 1.165) is 47.2 Å². The lowest BCUT2D eigenvalue weighted by atomic mass is 9.96. The van der Waals surface area contributed by atoms with Gasteiger partial charge in [-0.2, -0.15) is 0 Å². The molecule has 3 heterocycles. The minimum Gasteiger partial charge on any atom is -0.492 e. The number of nitrogens with two attached hydrogens (primary N) is 1. The molecule has 2 aromatic heterocycles. The molecule has 1 fully saturated rings. The molecule has 7 heteroatoms. The first-order chi connectivity index (χ1) is 14.3. The third kappa shape index (κ3) is 3.80. The summed E-state index contributed by atoms with van der Waals surface area (Å²) < 4.78 is 8.23. The summed E-state index contributed by atoms with van der Waals surface area (Å²) in [5.74, 6) is 2.20. The topological polar surface area (TPSA) is 86.3 Å². The minimum atomic E-state index is 0.218. The number of carbonyl (C=O) groups is 1. The molecule has 3 aromatic rings. The maximum absolute atomic E-state index is 11.8.